The minimum atomic E-state index is 0.339. The van der Waals surface area contributed by atoms with Crippen molar-refractivity contribution in [1.29, 1.82) is 5.26 Å². The third kappa shape index (κ3) is 4.00. The van der Waals surface area contributed by atoms with Crippen molar-refractivity contribution in [2.45, 2.75) is 6.92 Å². The zero-order valence-corrected chi connectivity index (χ0v) is 17.4. The summed E-state index contributed by atoms with van der Waals surface area (Å²) in [5, 5.41) is 13.5. The smallest absolute Gasteiger partial charge is 0.137 e. The van der Waals surface area contributed by atoms with E-state index in [9.17, 15) is 5.26 Å². The molecule has 0 atom stereocenters. The Labute approximate surface area is 177 Å². The molecule has 0 unspecified atom stereocenters. The zero-order chi connectivity index (χ0) is 20.4. The van der Waals surface area contributed by atoms with Gasteiger partial charge in [-0.3, -0.25) is 0 Å². The summed E-state index contributed by atoms with van der Waals surface area (Å²) in [6.45, 7) is 2.05. The minimum Gasteiger partial charge on any atom is -0.497 e. The van der Waals surface area contributed by atoms with Crippen LogP contribution in [-0.2, 0) is 0 Å². The van der Waals surface area contributed by atoms with Crippen LogP contribution in [0.3, 0.4) is 0 Å². The molecule has 29 heavy (non-hydrogen) atoms. The summed E-state index contributed by atoms with van der Waals surface area (Å²) in [5.41, 5.74) is 4.93. The molecule has 0 bridgehead atoms. The first kappa shape index (κ1) is 19.1. The number of benzene rings is 2. The number of hydrogen-bond acceptors (Lipinski definition) is 5. The molecule has 4 rings (SSSR count). The van der Waals surface area contributed by atoms with E-state index in [1.165, 1.54) is 16.9 Å². The Morgan fingerprint density at radius 1 is 1.14 bits per heavy atom. The van der Waals surface area contributed by atoms with Gasteiger partial charge >= 0.3 is 0 Å². The predicted octanol–water partition coefficient (Wildman–Crippen LogP) is 6.39. The summed E-state index contributed by atoms with van der Waals surface area (Å²) in [6, 6.07) is 17.9. The molecule has 0 amide bonds. The first-order valence-electron chi connectivity index (χ1n) is 8.86. The summed E-state index contributed by atoms with van der Waals surface area (Å²) < 4.78 is 5.28. The number of aryl methyl sites for hydroxylation is 1. The van der Waals surface area contributed by atoms with E-state index in [0.29, 0.717) is 21.3 Å². The fourth-order valence-electron chi connectivity index (χ4n) is 2.93. The lowest BCUT2D eigenvalue weighted by Crippen LogP contribution is -1.89. The van der Waals surface area contributed by atoms with Gasteiger partial charge in [-0.15, -0.1) is 11.3 Å². The van der Waals surface area contributed by atoms with E-state index in [2.05, 4.69) is 16.0 Å². The van der Waals surface area contributed by atoms with Crippen molar-refractivity contribution in [1.82, 2.24) is 9.97 Å². The number of nitrogens with zero attached hydrogens (tertiary/aromatic N) is 3. The standard InChI is InChI=1S/C23H16ClN3OS/c1-14-3-5-15(6-4-14)21-13-29-23(27-21)18(12-25)10-17-9-16-11-19(28-2)7-8-20(16)26-22(17)24/h3-11,13H,1-2H3. The topological polar surface area (TPSA) is 58.8 Å². The minimum absolute atomic E-state index is 0.339. The molecular formula is C23H16ClN3OS. The summed E-state index contributed by atoms with van der Waals surface area (Å²) in [6.07, 6.45) is 1.73. The van der Waals surface area contributed by atoms with Gasteiger partial charge in [-0.2, -0.15) is 5.26 Å². The zero-order valence-electron chi connectivity index (χ0n) is 15.8. The lowest BCUT2D eigenvalue weighted by Gasteiger charge is -2.05. The van der Waals surface area contributed by atoms with Crippen molar-refractivity contribution in [2.24, 2.45) is 0 Å². The molecule has 2 aromatic carbocycles. The van der Waals surface area contributed by atoms with Crippen molar-refractivity contribution in [3.05, 3.63) is 75.2 Å². The van der Waals surface area contributed by atoms with E-state index in [0.717, 1.165) is 27.9 Å². The second-order valence-electron chi connectivity index (χ2n) is 6.50. The summed E-state index contributed by atoms with van der Waals surface area (Å²) in [5.74, 6) is 0.736. The van der Waals surface area contributed by atoms with Crippen LogP contribution in [-0.4, -0.2) is 17.1 Å². The molecule has 0 aliphatic rings. The molecule has 0 saturated heterocycles. The van der Waals surface area contributed by atoms with E-state index < -0.39 is 0 Å². The number of fused-ring (bicyclic) bond motifs is 1. The van der Waals surface area contributed by atoms with Crippen LogP contribution < -0.4 is 4.74 Å². The summed E-state index contributed by atoms with van der Waals surface area (Å²) in [7, 11) is 1.62. The Morgan fingerprint density at radius 3 is 2.66 bits per heavy atom. The molecule has 4 nitrogen and oxygen atoms in total. The number of nitriles is 1. The van der Waals surface area contributed by atoms with Gasteiger partial charge in [0, 0.05) is 21.9 Å². The molecular weight excluding hydrogens is 402 g/mol. The number of hydrogen-bond donors (Lipinski definition) is 0. The van der Waals surface area contributed by atoms with Gasteiger partial charge in [0.2, 0.25) is 0 Å². The highest BCUT2D eigenvalue weighted by Crippen LogP contribution is 2.30. The maximum absolute atomic E-state index is 9.71. The lowest BCUT2D eigenvalue weighted by molar-refractivity contribution is 0.415. The van der Waals surface area contributed by atoms with E-state index >= 15 is 0 Å². The molecule has 0 spiro atoms. The predicted molar refractivity (Wildman–Crippen MR) is 119 cm³/mol. The average molecular weight is 418 g/mol. The highest BCUT2D eigenvalue weighted by atomic mass is 35.5. The van der Waals surface area contributed by atoms with Crippen LogP contribution in [0.4, 0.5) is 0 Å². The van der Waals surface area contributed by atoms with Crippen molar-refractivity contribution < 1.29 is 4.74 Å². The number of pyridine rings is 1. The van der Waals surface area contributed by atoms with Crippen LogP contribution in [0.2, 0.25) is 5.15 Å². The van der Waals surface area contributed by atoms with Gasteiger partial charge in [0.1, 0.15) is 22.0 Å². The molecule has 0 saturated carbocycles. The van der Waals surface area contributed by atoms with Gasteiger partial charge in [0.05, 0.1) is 23.9 Å². The molecule has 0 aliphatic heterocycles. The van der Waals surface area contributed by atoms with Crippen molar-refractivity contribution in [3.8, 4) is 23.1 Å². The molecule has 0 fully saturated rings. The fourth-order valence-corrected chi connectivity index (χ4v) is 3.92. The largest absolute Gasteiger partial charge is 0.497 e. The molecule has 0 aliphatic carbocycles. The number of ether oxygens (including phenoxy) is 1. The van der Waals surface area contributed by atoms with Crippen molar-refractivity contribution in [3.63, 3.8) is 0 Å². The third-order valence-electron chi connectivity index (χ3n) is 4.50. The normalized spacial score (nSPS) is 11.4. The number of rotatable bonds is 4. The Morgan fingerprint density at radius 2 is 1.93 bits per heavy atom. The highest BCUT2D eigenvalue weighted by Gasteiger charge is 2.11. The van der Waals surface area contributed by atoms with E-state index in [1.54, 1.807) is 13.2 Å². The molecule has 2 heterocycles. The molecule has 0 radical (unpaired) electrons. The summed E-state index contributed by atoms with van der Waals surface area (Å²) in [4.78, 5) is 9.07. The Balaban J connectivity index is 1.73. The van der Waals surface area contributed by atoms with Crippen LogP contribution in [0.5, 0.6) is 5.75 Å². The SMILES string of the molecule is COc1ccc2nc(Cl)c(C=C(C#N)c3nc(-c4ccc(C)cc4)cs3)cc2c1. The monoisotopic (exact) mass is 417 g/mol. The van der Waals surface area contributed by atoms with Gasteiger partial charge in [-0.1, -0.05) is 41.4 Å². The van der Waals surface area contributed by atoms with Crippen LogP contribution in [0.1, 0.15) is 16.1 Å². The number of allylic oxidation sites excluding steroid dienone is 1. The number of methoxy groups -OCH3 is 1. The van der Waals surface area contributed by atoms with E-state index in [4.69, 9.17) is 16.3 Å². The molecule has 2 aromatic heterocycles. The van der Waals surface area contributed by atoms with Gasteiger partial charge in [0.25, 0.3) is 0 Å². The molecule has 0 N–H and O–H groups in total. The fraction of sp³-hybridized carbons (Fsp3) is 0.0870. The Kier molecular flexibility index (Phi) is 5.30. The highest BCUT2D eigenvalue weighted by molar-refractivity contribution is 7.11. The van der Waals surface area contributed by atoms with Gasteiger partial charge < -0.3 is 4.74 Å². The molecule has 4 aromatic rings. The lowest BCUT2D eigenvalue weighted by atomic mass is 10.1. The second-order valence-corrected chi connectivity index (χ2v) is 7.72. The van der Waals surface area contributed by atoms with Crippen molar-refractivity contribution in [2.75, 3.05) is 7.11 Å². The van der Waals surface area contributed by atoms with Gasteiger partial charge in [-0.05, 0) is 37.3 Å². The van der Waals surface area contributed by atoms with Crippen molar-refractivity contribution >= 4 is 45.5 Å². The second kappa shape index (κ2) is 8.04. The molecule has 6 heteroatoms. The van der Waals surface area contributed by atoms with Crippen LogP contribution in [0.25, 0.3) is 33.8 Å². The van der Waals surface area contributed by atoms with E-state index in [1.807, 2.05) is 60.8 Å². The quantitative estimate of drug-likeness (QED) is 0.285. The Bertz CT molecular complexity index is 1270. The van der Waals surface area contributed by atoms with Crippen LogP contribution in [0.15, 0.2) is 53.9 Å². The average Bonchev–Trinajstić information content (AvgIpc) is 3.22. The molecule has 142 valence electrons. The number of halogens is 1. The number of thiazole rings is 1. The van der Waals surface area contributed by atoms with Crippen LogP contribution >= 0.6 is 22.9 Å². The first-order chi connectivity index (χ1) is 14.1. The van der Waals surface area contributed by atoms with Crippen LogP contribution in [0, 0.1) is 18.3 Å². The van der Waals surface area contributed by atoms with E-state index in [-0.39, 0.29) is 0 Å². The maximum atomic E-state index is 9.71. The Hall–Kier alpha value is -3.20. The maximum Gasteiger partial charge on any atom is 0.137 e. The summed E-state index contributed by atoms with van der Waals surface area (Å²) >= 11 is 7.80. The first-order valence-corrected chi connectivity index (χ1v) is 10.1. The number of aromatic nitrogens is 2. The van der Waals surface area contributed by atoms with Gasteiger partial charge in [0.15, 0.2) is 0 Å². The third-order valence-corrected chi connectivity index (χ3v) is 5.68. The van der Waals surface area contributed by atoms with Gasteiger partial charge in [-0.25, -0.2) is 9.97 Å².